The van der Waals surface area contributed by atoms with Crippen molar-refractivity contribution in [2.75, 3.05) is 5.32 Å². The summed E-state index contributed by atoms with van der Waals surface area (Å²) >= 11 is 0. The molecule has 7 nitrogen and oxygen atoms in total. The molecule has 9 heteroatoms. The maximum absolute atomic E-state index is 13.1. The molecule has 0 aliphatic heterocycles. The Labute approximate surface area is 170 Å². The van der Waals surface area contributed by atoms with E-state index in [0.717, 1.165) is 18.4 Å². The van der Waals surface area contributed by atoms with Crippen molar-refractivity contribution >= 4 is 11.5 Å². The molecule has 0 unspecified atom stereocenters. The predicted molar refractivity (Wildman–Crippen MR) is 108 cm³/mol. The Hall–Kier alpha value is -3.49. The molecule has 2 aromatic heterocycles. The van der Waals surface area contributed by atoms with E-state index in [0.29, 0.717) is 35.6 Å². The molecule has 0 radical (unpaired) electrons. The van der Waals surface area contributed by atoms with Crippen molar-refractivity contribution in [1.82, 2.24) is 14.3 Å². The molecule has 0 atom stereocenters. The number of nitrogens with one attached hydrogen (secondary N) is 1. The SMILES string of the molecule is Cn1cccc(Nc2nn(-c3ccc(OC(F)F)cc3)c(=O)c3c2CCCC3)c1=O. The lowest BCUT2D eigenvalue weighted by Crippen LogP contribution is -2.30. The van der Waals surface area contributed by atoms with Crippen molar-refractivity contribution < 1.29 is 13.5 Å². The first-order chi connectivity index (χ1) is 14.4. The first-order valence-electron chi connectivity index (χ1n) is 9.57. The summed E-state index contributed by atoms with van der Waals surface area (Å²) in [5, 5.41) is 7.56. The number of halogens is 2. The average Bonchev–Trinajstić information content (AvgIpc) is 2.74. The van der Waals surface area contributed by atoms with Gasteiger partial charge in [-0.3, -0.25) is 9.59 Å². The number of aromatic nitrogens is 3. The van der Waals surface area contributed by atoms with Gasteiger partial charge in [0.1, 0.15) is 11.4 Å². The summed E-state index contributed by atoms with van der Waals surface area (Å²) in [5.74, 6) is 0.436. The van der Waals surface area contributed by atoms with Gasteiger partial charge in [-0.1, -0.05) is 0 Å². The number of benzene rings is 1. The third-order valence-corrected chi connectivity index (χ3v) is 5.09. The number of anilines is 2. The van der Waals surface area contributed by atoms with Crippen LogP contribution in [0.1, 0.15) is 24.0 Å². The highest BCUT2D eigenvalue weighted by molar-refractivity contribution is 5.60. The van der Waals surface area contributed by atoms with Crippen LogP contribution in [0.25, 0.3) is 5.69 Å². The van der Waals surface area contributed by atoms with Crippen LogP contribution in [0.2, 0.25) is 0 Å². The lowest BCUT2D eigenvalue weighted by molar-refractivity contribution is -0.0498. The molecule has 1 aliphatic rings. The lowest BCUT2D eigenvalue weighted by Gasteiger charge is -2.21. The maximum atomic E-state index is 13.1. The molecule has 1 aromatic carbocycles. The first kappa shape index (κ1) is 19.8. The number of alkyl halides is 2. The second-order valence-corrected chi connectivity index (χ2v) is 7.07. The molecule has 4 rings (SSSR count). The fourth-order valence-corrected chi connectivity index (χ4v) is 3.60. The molecule has 1 N–H and O–H groups in total. The summed E-state index contributed by atoms with van der Waals surface area (Å²) in [7, 11) is 1.65. The van der Waals surface area contributed by atoms with Gasteiger partial charge in [-0.25, -0.2) is 0 Å². The Bertz CT molecular complexity index is 1190. The number of fused-ring (bicyclic) bond motifs is 1. The third kappa shape index (κ3) is 3.83. The molecule has 0 saturated carbocycles. The molecule has 0 amide bonds. The summed E-state index contributed by atoms with van der Waals surface area (Å²) in [6.45, 7) is -2.93. The minimum atomic E-state index is -2.93. The van der Waals surface area contributed by atoms with Gasteiger partial charge in [-0.15, -0.1) is 5.10 Å². The molecule has 30 heavy (non-hydrogen) atoms. The Kier molecular flexibility index (Phi) is 5.35. The van der Waals surface area contributed by atoms with E-state index in [4.69, 9.17) is 0 Å². The second-order valence-electron chi connectivity index (χ2n) is 7.07. The van der Waals surface area contributed by atoms with E-state index in [-0.39, 0.29) is 16.9 Å². The number of rotatable bonds is 5. The molecule has 0 saturated heterocycles. The van der Waals surface area contributed by atoms with Gasteiger partial charge in [-0.05, 0) is 62.1 Å². The van der Waals surface area contributed by atoms with Crippen LogP contribution in [0.15, 0.2) is 52.2 Å². The quantitative estimate of drug-likeness (QED) is 0.694. The van der Waals surface area contributed by atoms with Crippen molar-refractivity contribution in [3.05, 3.63) is 74.4 Å². The fraction of sp³-hybridized carbons (Fsp3) is 0.286. The summed E-state index contributed by atoms with van der Waals surface area (Å²) in [5.41, 5.74) is 1.77. The van der Waals surface area contributed by atoms with Crippen molar-refractivity contribution in [2.24, 2.45) is 7.05 Å². The van der Waals surface area contributed by atoms with Gasteiger partial charge in [-0.2, -0.15) is 13.5 Å². The fourth-order valence-electron chi connectivity index (χ4n) is 3.60. The van der Waals surface area contributed by atoms with Crippen LogP contribution < -0.4 is 21.2 Å². The Morgan fingerprint density at radius 1 is 1.03 bits per heavy atom. The monoisotopic (exact) mass is 414 g/mol. The van der Waals surface area contributed by atoms with E-state index in [2.05, 4.69) is 15.2 Å². The van der Waals surface area contributed by atoms with Crippen LogP contribution in [-0.4, -0.2) is 21.0 Å². The number of ether oxygens (including phenoxy) is 1. The average molecular weight is 414 g/mol. The van der Waals surface area contributed by atoms with Gasteiger partial charge in [0.25, 0.3) is 11.1 Å². The van der Waals surface area contributed by atoms with Crippen LogP contribution in [0.4, 0.5) is 20.3 Å². The van der Waals surface area contributed by atoms with E-state index >= 15 is 0 Å². The molecular weight excluding hydrogens is 394 g/mol. The zero-order valence-corrected chi connectivity index (χ0v) is 16.3. The smallest absolute Gasteiger partial charge is 0.387 e. The summed E-state index contributed by atoms with van der Waals surface area (Å²) in [6.07, 6.45) is 4.78. The molecule has 0 fully saturated rings. The van der Waals surface area contributed by atoms with Gasteiger partial charge >= 0.3 is 6.61 Å². The Balaban J connectivity index is 1.80. The topological polar surface area (TPSA) is 78.2 Å². The summed E-state index contributed by atoms with van der Waals surface area (Å²) in [4.78, 5) is 25.5. The van der Waals surface area contributed by atoms with Gasteiger partial charge in [0.15, 0.2) is 5.82 Å². The zero-order valence-electron chi connectivity index (χ0n) is 16.3. The summed E-state index contributed by atoms with van der Waals surface area (Å²) in [6, 6.07) is 9.10. The zero-order chi connectivity index (χ0) is 21.3. The van der Waals surface area contributed by atoms with Crippen molar-refractivity contribution in [2.45, 2.75) is 32.3 Å². The minimum Gasteiger partial charge on any atom is -0.435 e. The van der Waals surface area contributed by atoms with E-state index < -0.39 is 6.61 Å². The Morgan fingerprint density at radius 3 is 2.43 bits per heavy atom. The number of hydrogen-bond donors (Lipinski definition) is 1. The van der Waals surface area contributed by atoms with Crippen LogP contribution in [0.5, 0.6) is 5.75 Å². The second kappa shape index (κ2) is 8.10. The molecule has 2 heterocycles. The number of nitrogens with zero attached hydrogens (tertiary/aromatic N) is 3. The first-order valence-corrected chi connectivity index (χ1v) is 9.57. The standard InChI is InChI=1S/C21H20F2N4O3/c1-26-12-4-7-17(20(26)29)24-18-15-5-2-3-6-16(15)19(28)27(25-18)13-8-10-14(11-9-13)30-21(22)23/h4,7-12,21H,2-3,5-6H2,1H3,(H,24,25). The summed E-state index contributed by atoms with van der Waals surface area (Å²) < 4.78 is 31.8. The highest BCUT2D eigenvalue weighted by Gasteiger charge is 2.22. The van der Waals surface area contributed by atoms with Crippen molar-refractivity contribution in [3.63, 3.8) is 0 Å². The van der Waals surface area contributed by atoms with Crippen LogP contribution in [0, 0.1) is 0 Å². The van der Waals surface area contributed by atoms with Gasteiger partial charge in [0.05, 0.1) is 5.69 Å². The minimum absolute atomic E-state index is 0.00844. The van der Waals surface area contributed by atoms with Crippen molar-refractivity contribution in [3.8, 4) is 11.4 Å². The molecule has 0 spiro atoms. The molecule has 3 aromatic rings. The van der Waals surface area contributed by atoms with Gasteiger partial charge in [0.2, 0.25) is 0 Å². The third-order valence-electron chi connectivity index (χ3n) is 5.09. The van der Waals surface area contributed by atoms with Crippen LogP contribution in [0.3, 0.4) is 0 Å². The molecule has 0 bridgehead atoms. The lowest BCUT2D eigenvalue weighted by atomic mass is 9.93. The predicted octanol–water partition coefficient (Wildman–Crippen LogP) is 3.16. The van der Waals surface area contributed by atoms with E-state index in [9.17, 15) is 18.4 Å². The normalized spacial score (nSPS) is 13.2. The molecular formula is C21H20F2N4O3. The van der Waals surface area contributed by atoms with E-state index in [1.165, 1.54) is 33.5 Å². The highest BCUT2D eigenvalue weighted by Crippen LogP contribution is 2.26. The number of aryl methyl sites for hydroxylation is 1. The highest BCUT2D eigenvalue weighted by atomic mass is 19.3. The van der Waals surface area contributed by atoms with Gasteiger partial charge < -0.3 is 14.6 Å². The Morgan fingerprint density at radius 2 is 1.73 bits per heavy atom. The van der Waals surface area contributed by atoms with Crippen molar-refractivity contribution in [1.29, 1.82) is 0 Å². The van der Waals surface area contributed by atoms with Crippen LogP contribution in [-0.2, 0) is 19.9 Å². The molecule has 156 valence electrons. The van der Waals surface area contributed by atoms with Gasteiger partial charge in [0, 0.05) is 24.4 Å². The number of pyridine rings is 1. The van der Waals surface area contributed by atoms with E-state index in [1.54, 1.807) is 25.4 Å². The molecule has 1 aliphatic carbocycles. The maximum Gasteiger partial charge on any atom is 0.387 e. The largest absolute Gasteiger partial charge is 0.435 e. The number of hydrogen-bond acceptors (Lipinski definition) is 5. The van der Waals surface area contributed by atoms with Crippen LogP contribution >= 0.6 is 0 Å². The van der Waals surface area contributed by atoms with E-state index in [1.807, 2.05) is 0 Å².